The Balaban J connectivity index is 4.33. The van der Waals surface area contributed by atoms with Crippen LogP contribution in [0.25, 0.3) is 0 Å². The normalized spacial score (nSPS) is 13.2. The van der Waals surface area contributed by atoms with Gasteiger partial charge in [0.2, 0.25) is 0 Å². The van der Waals surface area contributed by atoms with E-state index in [9.17, 15) is 9.59 Å². The first-order valence-corrected chi connectivity index (χ1v) is 8.97. The molecule has 0 aliphatic heterocycles. The highest BCUT2D eigenvalue weighted by Gasteiger charge is 2.19. The molecule has 0 bridgehead atoms. The minimum absolute atomic E-state index is 0.0277. The largest absolute Gasteiger partial charge is 0.463 e. The van der Waals surface area contributed by atoms with Gasteiger partial charge in [-0.2, -0.15) is 0 Å². The minimum Gasteiger partial charge on any atom is -0.463 e. The van der Waals surface area contributed by atoms with Gasteiger partial charge in [-0.05, 0) is 23.7 Å². The maximum Gasteiger partial charge on any atom is 0.309 e. The zero-order valence-electron chi connectivity index (χ0n) is 16.9. The van der Waals surface area contributed by atoms with Crippen LogP contribution in [0, 0.1) is 10.8 Å². The van der Waals surface area contributed by atoms with Crippen molar-refractivity contribution in [2.24, 2.45) is 10.8 Å². The fourth-order valence-electron chi connectivity index (χ4n) is 1.90. The van der Waals surface area contributed by atoms with E-state index in [1.807, 2.05) is 20.8 Å². The van der Waals surface area contributed by atoms with Crippen LogP contribution >= 0.6 is 0 Å². The molecule has 0 heterocycles. The molecule has 0 rings (SSSR count). The van der Waals surface area contributed by atoms with Crippen LogP contribution in [-0.4, -0.2) is 37.9 Å². The number of carbonyl (C=O) groups is 2. The lowest BCUT2D eigenvalue weighted by Gasteiger charge is -2.24. The molecule has 0 aromatic carbocycles. The summed E-state index contributed by atoms with van der Waals surface area (Å²) in [6, 6.07) is 0. The minimum atomic E-state index is -0.459. The van der Waals surface area contributed by atoms with Crippen molar-refractivity contribution in [2.45, 2.75) is 73.3 Å². The molecule has 5 heteroatoms. The molecule has 0 saturated carbocycles. The summed E-state index contributed by atoms with van der Waals surface area (Å²) in [5, 5.41) is 0. The van der Waals surface area contributed by atoms with Crippen LogP contribution in [0.1, 0.15) is 67.2 Å². The topological polar surface area (TPSA) is 61.8 Å². The van der Waals surface area contributed by atoms with Gasteiger partial charge in [-0.3, -0.25) is 9.59 Å². The summed E-state index contributed by atoms with van der Waals surface area (Å²) in [6.07, 6.45) is 3.33. The first-order chi connectivity index (χ1) is 11.4. The maximum atomic E-state index is 11.9. The Bertz CT molecular complexity index is 415. The van der Waals surface area contributed by atoms with Gasteiger partial charge in [0.15, 0.2) is 0 Å². The molecular formula is C20H36O5. The Kier molecular flexibility index (Phi) is 10.7. The van der Waals surface area contributed by atoms with E-state index < -0.39 is 6.10 Å². The molecule has 0 fully saturated rings. The number of rotatable bonds is 11. The maximum absolute atomic E-state index is 11.9. The van der Waals surface area contributed by atoms with Crippen molar-refractivity contribution in [3.8, 4) is 0 Å². The van der Waals surface area contributed by atoms with E-state index in [0.717, 1.165) is 12.8 Å². The number of carbonyl (C=O) groups excluding carboxylic acids is 2. The van der Waals surface area contributed by atoms with Gasteiger partial charge in [-0.1, -0.05) is 47.6 Å². The third-order valence-corrected chi connectivity index (χ3v) is 3.23. The number of ether oxygens (including phenoxy) is 3. The van der Waals surface area contributed by atoms with E-state index in [1.165, 1.54) is 6.08 Å². The molecule has 0 radical (unpaired) electrons. The molecule has 0 saturated heterocycles. The SMILES string of the molecule is C=CCC(=O)OCC(COC(=O)CCCC(C)(C)C)OCC(C)(C)C. The summed E-state index contributed by atoms with van der Waals surface area (Å²) < 4.78 is 16.2. The Morgan fingerprint density at radius 1 is 0.960 bits per heavy atom. The van der Waals surface area contributed by atoms with Crippen LogP contribution in [0.4, 0.5) is 0 Å². The molecule has 0 amide bonds. The second-order valence-corrected chi connectivity index (χ2v) is 8.77. The highest BCUT2D eigenvalue weighted by atomic mass is 16.6. The Morgan fingerprint density at radius 2 is 1.52 bits per heavy atom. The lowest BCUT2D eigenvalue weighted by Crippen LogP contribution is -2.31. The summed E-state index contributed by atoms with van der Waals surface area (Å²) in [5.74, 6) is -0.609. The van der Waals surface area contributed by atoms with Gasteiger partial charge >= 0.3 is 11.9 Å². The quantitative estimate of drug-likeness (QED) is 0.408. The average Bonchev–Trinajstić information content (AvgIpc) is 2.44. The Hall–Kier alpha value is -1.36. The van der Waals surface area contributed by atoms with Crippen molar-refractivity contribution in [1.29, 1.82) is 0 Å². The van der Waals surface area contributed by atoms with Crippen LogP contribution in [0.2, 0.25) is 0 Å². The summed E-state index contributed by atoms with van der Waals surface area (Å²) in [7, 11) is 0. The molecule has 1 unspecified atom stereocenters. The van der Waals surface area contributed by atoms with Crippen LogP contribution < -0.4 is 0 Å². The molecule has 5 nitrogen and oxygen atoms in total. The third-order valence-electron chi connectivity index (χ3n) is 3.23. The molecular weight excluding hydrogens is 320 g/mol. The fourth-order valence-corrected chi connectivity index (χ4v) is 1.90. The number of esters is 2. The first kappa shape index (κ1) is 23.6. The molecule has 0 N–H and O–H groups in total. The van der Waals surface area contributed by atoms with Gasteiger partial charge in [-0.25, -0.2) is 0 Å². The average molecular weight is 357 g/mol. The zero-order chi connectivity index (χ0) is 19.5. The zero-order valence-corrected chi connectivity index (χ0v) is 16.9. The van der Waals surface area contributed by atoms with Crippen molar-refractivity contribution in [3.63, 3.8) is 0 Å². The van der Waals surface area contributed by atoms with E-state index in [-0.39, 0.29) is 42.4 Å². The molecule has 0 aliphatic rings. The van der Waals surface area contributed by atoms with Gasteiger partial charge in [0, 0.05) is 6.42 Å². The molecule has 1 atom stereocenters. The standard InChI is InChI=1S/C20H36O5/c1-8-10-17(21)23-13-16(25-15-20(5,6)7)14-24-18(22)11-9-12-19(2,3)4/h8,16H,1,9-15H2,2-7H3. The van der Waals surface area contributed by atoms with Crippen molar-refractivity contribution in [2.75, 3.05) is 19.8 Å². The number of hydrogen-bond acceptors (Lipinski definition) is 5. The Morgan fingerprint density at radius 3 is 2.00 bits per heavy atom. The van der Waals surface area contributed by atoms with Gasteiger partial charge in [-0.15, -0.1) is 6.58 Å². The molecule has 25 heavy (non-hydrogen) atoms. The second kappa shape index (κ2) is 11.3. The molecule has 0 aliphatic carbocycles. The van der Waals surface area contributed by atoms with Crippen molar-refractivity contribution >= 4 is 11.9 Å². The van der Waals surface area contributed by atoms with E-state index in [4.69, 9.17) is 14.2 Å². The molecule has 0 aromatic rings. The lowest BCUT2D eigenvalue weighted by atomic mass is 9.90. The smallest absolute Gasteiger partial charge is 0.309 e. The van der Waals surface area contributed by atoms with E-state index in [2.05, 4.69) is 27.4 Å². The molecule has 0 spiro atoms. The van der Waals surface area contributed by atoms with Gasteiger partial charge in [0.05, 0.1) is 13.0 Å². The fraction of sp³-hybridized carbons (Fsp3) is 0.800. The first-order valence-electron chi connectivity index (χ1n) is 8.97. The molecule has 0 aromatic heterocycles. The predicted molar refractivity (Wildman–Crippen MR) is 99.2 cm³/mol. The van der Waals surface area contributed by atoms with Crippen molar-refractivity contribution in [3.05, 3.63) is 12.7 Å². The van der Waals surface area contributed by atoms with Crippen molar-refractivity contribution < 1.29 is 23.8 Å². The number of hydrogen-bond donors (Lipinski definition) is 0. The summed E-state index contributed by atoms with van der Waals surface area (Å²) >= 11 is 0. The van der Waals surface area contributed by atoms with Gasteiger partial charge in [0.1, 0.15) is 19.3 Å². The molecule has 146 valence electrons. The Labute approximate surface area is 153 Å². The predicted octanol–water partition coefficient (Wildman–Crippen LogP) is 4.30. The monoisotopic (exact) mass is 356 g/mol. The summed E-state index contributed by atoms with van der Waals surface area (Å²) in [4.78, 5) is 23.3. The summed E-state index contributed by atoms with van der Waals surface area (Å²) in [5.41, 5.74) is 0.179. The van der Waals surface area contributed by atoms with Crippen molar-refractivity contribution in [1.82, 2.24) is 0 Å². The highest BCUT2D eigenvalue weighted by molar-refractivity contribution is 5.71. The highest BCUT2D eigenvalue weighted by Crippen LogP contribution is 2.21. The van der Waals surface area contributed by atoms with E-state index >= 15 is 0 Å². The van der Waals surface area contributed by atoms with E-state index in [1.54, 1.807) is 0 Å². The third kappa shape index (κ3) is 15.9. The lowest BCUT2D eigenvalue weighted by molar-refractivity contribution is -0.156. The van der Waals surface area contributed by atoms with Crippen LogP contribution in [0.3, 0.4) is 0 Å². The second-order valence-electron chi connectivity index (χ2n) is 8.77. The summed E-state index contributed by atoms with van der Waals surface area (Å²) in [6.45, 7) is 16.7. The van der Waals surface area contributed by atoms with Crippen LogP contribution in [0.5, 0.6) is 0 Å². The van der Waals surface area contributed by atoms with Gasteiger partial charge < -0.3 is 14.2 Å². The van der Waals surface area contributed by atoms with Gasteiger partial charge in [0.25, 0.3) is 0 Å². The van der Waals surface area contributed by atoms with E-state index in [0.29, 0.717) is 13.0 Å². The van der Waals surface area contributed by atoms with Crippen LogP contribution in [-0.2, 0) is 23.8 Å². The van der Waals surface area contributed by atoms with Crippen LogP contribution in [0.15, 0.2) is 12.7 Å².